The van der Waals surface area contributed by atoms with Crippen molar-refractivity contribution in [3.05, 3.63) is 46.2 Å². The van der Waals surface area contributed by atoms with E-state index in [0.29, 0.717) is 19.6 Å². The Morgan fingerprint density at radius 3 is 2.64 bits per heavy atom. The maximum Gasteiger partial charge on any atom is 0.264 e. The third kappa shape index (κ3) is 3.91. The Morgan fingerprint density at radius 2 is 1.93 bits per heavy atom. The SMILES string of the molecule is COc1ccc2c(c1)CCCN2C(=O)CN1CCN(C(=O)c2cccs2)CC1. The van der Waals surface area contributed by atoms with Crippen LogP contribution in [0.5, 0.6) is 5.75 Å². The molecule has 0 unspecified atom stereocenters. The predicted octanol–water partition coefficient (Wildman–Crippen LogP) is 2.49. The minimum Gasteiger partial charge on any atom is -0.497 e. The Bertz CT molecular complexity index is 845. The van der Waals surface area contributed by atoms with Gasteiger partial charge in [0, 0.05) is 38.4 Å². The number of methoxy groups -OCH3 is 1. The number of thiophene rings is 1. The molecule has 0 atom stereocenters. The van der Waals surface area contributed by atoms with E-state index >= 15 is 0 Å². The van der Waals surface area contributed by atoms with Crippen molar-refractivity contribution in [1.82, 2.24) is 9.80 Å². The van der Waals surface area contributed by atoms with Gasteiger partial charge in [0.25, 0.3) is 5.91 Å². The van der Waals surface area contributed by atoms with Crippen LogP contribution in [0, 0.1) is 0 Å². The molecule has 2 aliphatic rings. The number of hydrogen-bond donors (Lipinski definition) is 0. The number of anilines is 1. The average Bonchev–Trinajstić information content (AvgIpc) is 3.27. The standard InChI is InChI=1S/C21H25N3O3S/c1-27-17-6-7-18-16(14-17)4-2-8-24(18)20(25)15-22-9-11-23(12-10-22)21(26)19-5-3-13-28-19/h3,5-7,13-14H,2,4,8-12,15H2,1H3. The second-order valence-corrected chi connectivity index (χ2v) is 8.14. The quantitative estimate of drug-likeness (QED) is 0.793. The van der Waals surface area contributed by atoms with Crippen LogP contribution in [0.3, 0.4) is 0 Å². The van der Waals surface area contributed by atoms with Gasteiger partial charge in [0.05, 0.1) is 18.5 Å². The molecule has 0 aliphatic carbocycles. The number of aryl methyl sites for hydroxylation is 1. The Hall–Kier alpha value is -2.38. The van der Waals surface area contributed by atoms with Crippen molar-refractivity contribution in [1.29, 1.82) is 0 Å². The summed E-state index contributed by atoms with van der Waals surface area (Å²) in [6.45, 7) is 3.94. The van der Waals surface area contributed by atoms with Gasteiger partial charge in [-0.05, 0) is 48.1 Å². The summed E-state index contributed by atoms with van der Waals surface area (Å²) in [5, 5.41) is 1.92. The molecule has 0 spiro atoms. The number of rotatable bonds is 4. The molecule has 6 nitrogen and oxygen atoms in total. The lowest BCUT2D eigenvalue weighted by atomic mass is 10.0. The Labute approximate surface area is 169 Å². The van der Waals surface area contributed by atoms with E-state index in [1.807, 2.05) is 45.5 Å². The van der Waals surface area contributed by atoms with E-state index in [9.17, 15) is 9.59 Å². The first-order valence-corrected chi connectivity index (χ1v) is 10.6. The van der Waals surface area contributed by atoms with E-state index in [4.69, 9.17) is 4.74 Å². The Balaban J connectivity index is 1.35. The van der Waals surface area contributed by atoms with E-state index in [2.05, 4.69) is 4.90 Å². The van der Waals surface area contributed by atoms with Crippen molar-refractivity contribution in [2.24, 2.45) is 0 Å². The molecule has 1 fully saturated rings. The number of nitrogens with zero attached hydrogens (tertiary/aromatic N) is 3. The van der Waals surface area contributed by atoms with E-state index in [0.717, 1.165) is 48.8 Å². The molecule has 4 rings (SSSR count). The highest BCUT2D eigenvalue weighted by Gasteiger charge is 2.27. The fraction of sp³-hybridized carbons (Fsp3) is 0.429. The average molecular weight is 400 g/mol. The normalized spacial score (nSPS) is 17.3. The molecular weight excluding hydrogens is 374 g/mol. The molecule has 0 N–H and O–H groups in total. The lowest BCUT2D eigenvalue weighted by Gasteiger charge is -2.36. The van der Waals surface area contributed by atoms with Gasteiger partial charge in [0.1, 0.15) is 5.75 Å². The van der Waals surface area contributed by atoms with E-state index in [-0.39, 0.29) is 11.8 Å². The van der Waals surface area contributed by atoms with Gasteiger partial charge in [-0.15, -0.1) is 11.3 Å². The van der Waals surface area contributed by atoms with Crippen LogP contribution in [0.25, 0.3) is 0 Å². The van der Waals surface area contributed by atoms with Crippen LogP contribution in [0.1, 0.15) is 21.7 Å². The van der Waals surface area contributed by atoms with Gasteiger partial charge >= 0.3 is 0 Å². The molecule has 0 bridgehead atoms. The smallest absolute Gasteiger partial charge is 0.264 e. The summed E-state index contributed by atoms with van der Waals surface area (Å²) in [6.07, 6.45) is 1.94. The summed E-state index contributed by atoms with van der Waals surface area (Å²) >= 11 is 1.48. The molecule has 1 aromatic carbocycles. The number of carbonyl (C=O) groups is 2. The molecule has 2 aromatic rings. The summed E-state index contributed by atoms with van der Waals surface area (Å²) in [5.74, 6) is 1.06. The molecule has 3 heterocycles. The highest BCUT2D eigenvalue weighted by atomic mass is 32.1. The largest absolute Gasteiger partial charge is 0.497 e. The molecule has 7 heteroatoms. The van der Waals surface area contributed by atoms with Crippen LogP contribution in [0.4, 0.5) is 5.69 Å². The van der Waals surface area contributed by atoms with E-state index < -0.39 is 0 Å². The van der Waals surface area contributed by atoms with Crippen LogP contribution in [-0.2, 0) is 11.2 Å². The van der Waals surface area contributed by atoms with E-state index in [1.165, 1.54) is 16.9 Å². The molecule has 2 amide bonds. The molecule has 2 aliphatic heterocycles. The predicted molar refractivity (Wildman–Crippen MR) is 110 cm³/mol. The second-order valence-electron chi connectivity index (χ2n) is 7.19. The minimum atomic E-state index is 0.0971. The van der Waals surface area contributed by atoms with Crippen molar-refractivity contribution in [2.45, 2.75) is 12.8 Å². The van der Waals surface area contributed by atoms with Gasteiger partial charge in [-0.25, -0.2) is 0 Å². The van der Waals surface area contributed by atoms with Crippen LogP contribution in [0.15, 0.2) is 35.7 Å². The van der Waals surface area contributed by atoms with Gasteiger partial charge in [0.15, 0.2) is 0 Å². The molecule has 148 valence electrons. The summed E-state index contributed by atoms with van der Waals surface area (Å²) in [6, 6.07) is 9.70. The van der Waals surface area contributed by atoms with Crippen LogP contribution in [0.2, 0.25) is 0 Å². The minimum absolute atomic E-state index is 0.0971. The van der Waals surface area contributed by atoms with E-state index in [1.54, 1.807) is 7.11 Å². The van der Waals surface area contributed by atoms with Crippen LogP contribution < -0.4 is 9.64 Å². The molecule has 1 aromatic heterocycles. The number of ether oxygens (including phenoxy) is 1. The third-order valence-electron chi connectivity index (χ3n) is 5.46. The lowest BCUT2D eigenvalue weighted by Crippen LogP contribution is -2.52. The first-order chi connectivity index (χ1) is 13.7. The van der Waals surface area contributed by atoms with Crippen molar-refractivity contribution < 1.29 is 14.3 Å². The van der Waals surface area contributed by atoms with Crippen molar-refractivity contribution >= 4 is 28.8 Å². The summed E-state index contributed by atoms with van der Waals surface area (Å²) in [4.78, 5) is 32.1. The monoisotopic (exact) mass is 399 g/mol. The second kappa shape index (κ2) is 8.32. The third-order valence-corrected chi connectivity index (χ3v) is 6.31. The zero-order chi connectivity index (χ0) is 19.5. The Morgan fingerprint density at radius 1 is 1.11 bits per heavy atom. The van der Waals surface area contributed by atoms with Gasteiger partial charge in [0.2, 0.25) is 5.91 Å². The van der Waals surface area contributed by atoms with Crippen molar-refractivity contribution in [3.63, 3.8) is 0 Å². The molecular formula is C21H25N3O3S. The number of piperazine rings is 1. The van der Waals surface area contributed by atoms with Gasteiger partial charge in [-0.2, -0.15) is 0 Å². The Kier molecular flexibility index (Phi) is 5.64. The fourth-order valence-electron chi connectivity index (χ4n) is 3.90. The van der Waals surface area contributed by atoms with Crippen molar-refractivity contribution in [2.75, 3.05) is 51.3 Å². The van der Waals surface area contributed by atoms with Crippen LogP contribution in [-0.4, -0.2) is 68.0 Å². The van der Waals surface area contributed by atoms with Gasteiger partial charge in [-0.1, -0.05) is 6.07 Å². The molecule has 28 heavy (non-hydrogen) atoms. The number of benzene rings is 1. The topological polar surface area (TPSA) is 53.1 Å². The fourth-order valence-corrected chi connectivity index (χ4v) is 4.59. The summed E-state index contributed by atoms with van der Waals surface area (Å²) in [7, 11) is 1.66. The number of fused-ring (bicyclic) bond motifs is 1. The lowest BCUT2D eigenvalue weighted by molar-refractivity contribution is -0.120. The summed E-state index contributed by atoms with van der Waals surface area (Å²) < 4.78 is 5.31. The van der Waals surface area contributed by atoms with Crippen molar-refractivity contribution in [3.8, 4) is 5.75 Å². The molecule has 0 saturated carbocycles. The van der Waals surface area contributed by atoms with Gasteiger partial charge in [-0.3, -0.25) is 14.5 Å². The highest BCUT2D eigenvalue weighted by molar-refractivity contribution is 7.12. The highest BCUT2D eigenvalue weighted by Crippen LogP contribution is 2.30. The number of amides is 2. The van der Waals surface area contributed by atoms with Crippen LogP contribution >= 0.6 is 11.3 Å². The zero-order valence-corrected chi connectivity index (χ0v) is 16.9. The first-order valence-electron chi connectivity index (χ1n) is 9.68. The summed E-state index contributed by atoms with van der Waals surface area (Å²) in [5.41, 5.74) is 2.17. The first kappa shape index (κ1) is 19.0. The molecule has 1 saturated heterocycles. The number of hydrogen-bond acceptors (Lipinski definition) is 5. The maximum absolute atomic E-state index is 13.0. The van der Waals surface area contributed by atoms with Gasteiger partial charge < -0.3 is 14.5 Å². The maximum atomic E-state index is 13.0. The zero-order valence-electron chi connectivity index (χ0n) is 16.1. The number of carbonyl (C=O) groups excluding carboxylic acids is 2. The molecule has 0 radical (unpaired) electrons.